The van der Waals surface area contributed by atoms with E-state index in [1.165, 1.54) is 0 Å². The molecule has 0 unspecified atom stereocenters. The van der Waals surface area contributed by atoms with Gasteiger partial charge < -0.3 is 4.74 Å². The number of carbonyl (C=O) groups is 2. The number of hydrogen-bond acceptors (Lipinski definition) is 3. The molecule has 5 heteroatoms. The van der Waals surface area contributed by atoms with Crippen LogP contribution in [0, 0.1) is 13.8 Å². The molecule has 0 atom stereocenters. The van der Waals surface area contributed by atoms with Crippen LogP contribution in [0.1, 0.15) is 31.8 Å². The number of hydrogen-bond donors (Lipinski definition) is 2. The van der Waals surface area contributed by atoms with Gasteiger partial charge in [-0.3, -0.25) is 20.4 Å². The minimum Gasteiger partial charge on any atom is -0.497 e. The summed E-state index contributed by atoms with van der Waals surface area (Å²) >= 11 is 0. The van der Waals surface area contributed by atoms with E-state index in [0.29, 0.717) is 16.9 Å². The van der Waals surface area contributed by atoms with Gasteiger partial charge in [0.2, 0.25) is 0 Å². The lowest BCUT2D eigenvalue weighted by atomic mass is 10.1. The topological polar surface area (TPSA) is 67.4 Å². The summed E-state index contributed by atoms with van der Waals surface area (Å²) in [5, 5.41) is 0. The van der Waals surface area contributed by atoms with Gasteiger partial charge in [-0.05, 0) is 49.7 Å². The second-order valence-electron chi connectivity index (χ2n) is 4.96. The normalized spacial score (nSPS) is 9.95. The van der Waals surface area contributed by atoms with Crippen molar-refractivity contribution in [2.45, 2.75) is 13.8 Å². The molecule has 0 fully saturated rings. The van der Waals surface area contributed by atoms with Crippen LogP contribution in [0.2, 0.25) is 0 Å². The minimum absolute atomic E-state index is 0.348. The van der Waals surface area contributed by atoms with Crippen molar-refractivity contribution in [1.29, 1.82) is 0 Å². The molecule has 22 heavy (non-hydrogen) atoms. The highest BCUT2D eigenvalue weighted by Crippen LogP contribution is 2.11. The molecule has 2 amide bonds. The smallest absolute Gasteiger partial charge is 0.269 e. The number of nitrogens with one attached hydrogen (secondary N) is 2. The molecule has 0 bridgehead atoms. The molecule has 0 aliphatic rings. The van der Waals surface area contributed by atoms with Gasteiger partial charge in [0.1, 0.15) is 5.75 Å². The lowest BCUT2D eigenvalue weighted by Crippen LogP contribution is -2.41. The Balaban J connectivity index is 1.99. The lowest BCUT2D eigenvalue weighted by molar-refractivity contribution is 0.0846. The van der Waals surface area contributed by atoms with E-state index in [9.17, 15) is 9.59 Å². The average molecular weight is 298 g/mol. The molecule has 114 valence electrons. The van der Waals surface area contributed by atoms with Crippen molar-refractivity contribution in [3.8, 4) is 5.75 Å². The van der Waals surface area contributed by atoms with E-state index in [2.05, 4.69) is 10.9 Å². The van der Waals surface area contributed by atoms with Crippen LogP contribution in [0.4, 0.5) is 0 Å². The number of hydrazine groups is 1. The fraction of sp³-hybridized carbons (Fsp3) is 0.176. The zero-order chi connectivity index (χ0) is 16.1. The molecule has 0 aliphatic carbocycles. The molecular formula is C17H18N2O3. The van der Waals surface area contributed by atoms with Gasteiger partial charge in [-0.1, -0.05) is 17.7 Å². The molecule has 0 saturated carbocycles. The number of aryl methyl sites for hydroxylation is 2. The van der Waals surface area contributed by atoms with Crippen molar-refractivity contribution in [1.82, 2.24) is 10.9 Å². The molecule has 0 heterocycles. The Morgan fingerprint density at radius 2 is 1.55 bits per heavy atom. The van der Waals surface area contributed by atoms with Crippen LogP contribution in [0.5, 0.6) is 5.75 Å². The fourth-order valence-electron chi connectivity index (χ4n) is 2.06. The Labute approximate surface area is 129 Å². The molecule has 0 spiro atoms. The molecule has 2 rings (SSSR count). The van der Waals surface area contributed by atoms with Gasteiger partial charge in [0.15, 0.2) is 0 Å². The van der Waals surface area contributed by atoms with Crippen molar-refractivity contribution < 1.29 is 14.3 Å². The molecule has 0 radical (unpaired) electrons. The monoisotopic (exact) mass is 298 g/mol. The fourth-order valence-corrected chi connectivity index (χ4v) is 2.06. The summed E-state index contributed by atoms with van der Waals surface area (Å²) in [7, 11) is 1.55. The van der Waals surface area contributed by atoms with Crippen molar-refractivity contribution in [3.05, 3.63) is 64.7 Å². The highest BCUT2D eigenvalue weighted by molar-refractivity contribution is 5.99. The summed E-state index contributed by atoms with van der Waals surface area (Å²) < 4.78 is 5.03. The first-order valence-corrected chi connectivity index (χ1v) is 6.83. The Morgan fingerprint density at radius 1 is 0.909 bits per heavy atom. The maximum absolute atomic E-state index is 12.1. The van der Waals surface area contributed by atoms with E-state index in [0.717, 1.165) is 11.1 Å². The summed E-state index contributed by atoms with van der Waals surface area (Å²) in [6.45, 7) is 3.81. The van der Waals surface area contributed by atoms with Gasteiger partial charge in [-0.2, -0.15) is 0 Å². The molecule has 5 nitrogen and oxygen atoms in total. The summed E-state index contributed by atoms with van der Waals surface area (Å²) in [5.41, 5.74) is 7.71. The Kier molecular flexibility index (Phi) is 4.78. The highest BCUT2D eigenvalue weighted by atomic mass is 16.5. The molecule has 0 aromatic heterocycles. The standard InChI is InChI=1S/C17H18N2O3/c1-11-4-9-15(12(2)10-11)17(21)19-18-16(20)13-5-7-14(22-3)8-6-13/h4-10H,1-3H3,(H,18,20)(H,19,21). The number of benzene rings is 2. The van der Waals surface area contributed by atoms with Crippen LogP contribution in [-0.4, -0.2) is 18.9 Å². The quantitative estimate of drug-likeness (QED) is 0.855. The van der Waals surface area contributed by atoms with Gasteiger partial charge >= 0.3 is 0 Å². The van der Waals surface area contributed by atoms with Crippen LogP contribution in [0.3, 0.4) is 0 Å². The van der Waals surface area contributed by atoms with E-state index in [-0.39, 0.29) is 11.8 Å². The van der Waals surface area contributed by atoms with Gasteiger partial charge in [0.05, 0.1) is 7.11 Å². The first-order chi connectivity index (χ1) is 10.5. The predicted octanol–water partition coefficient (Wildman–Crippen LogP) is 2.39. The number of amides is 2. The zero-order valence-electron chi connectivity index (χ0n) is 12.8. The average Bonchev–Trinajstić information content (AvgIpc) is 2.52. The molecular weight excluding hydrogens is 280 g/mol. The number of methoxy groups -OCH3 is 1. The van der Waals surface area contributed by atoms with Crippen LogP contribution in [0.15, 0.2) is 42.5 Å². The van der Waals surface area contributed by atoms with Crippen LogP contribution >= 0.6 is 0 Å². The van der Waals surface area contributed by atoms with E-state index in [4.69, 9.17) is 4.74 Å². The number of rotatable bonds is 3. The maximum atomic E-state index is 12.1. The number of carbonyl (C=O) groups excluding carboxylic acids is 2. The molecule has 0 aliphatic heterocycles. The van der Waals surface area contributed by atoms with Gasteiger partial charge in [0.25, 0.3) is 11.8 Å². The maximum Gasteiger partial charge on any atom is 0.269 e. The second-order valence-corrected chi connectivity index (χ2v) is 4.96. The molecule has 0 saturated heterocycles. The molecule has 2 aromatic rings. The predicted molar refractivity (Wildman–Crippen MR) is 83.8 cm³/mol. The Bertz CT molecular complexity index is 694. The van der Waals surface area contributed by atoms with Gasteiger partial charge in [-0.15, -0.1) is 0 Å². The van der Waals surface area contributed by atoms with E-state index in [1.54, 1.807) is 37.4 Å². The van der Waals surface area contributed by atoms with Gasteiger partial charge in [0, 0.05) is 11.1 Å². The number of ether oxygens (including phenoxy) is 1. The Hall–Kier alpha value is -2.82. The first-order valence-electron chi connectivity index (χ1n) is 6.83. The SMILES string of the molecule is COc1ccc(C(=O)NNC(=O)c2ccc(C)cc2C)cc1. The third-order valence-corrected chi connectivity index (χ3v) is 3.27. The summed E-state index contributed by atoms with van der Waals surface area (Å²) in [6.07, 6.45) is 0. The van der Waals surface area contributed by atoms with Crippen LogP contribution < -0.4 is 15.6 Å². The van der Waals surface area contributed by atoms with E-state index in [1.807, 2.05) is 26.0 Å². The largest absolute Gasteiger partial charge is 0.497 e. The zero-order valence-corrected chi connectivity index (χ0v) is 12.8. The second kappa shape index (κ2) is 6.76. The summed E-state index contributed by atoms with van der Waals surface area (Å²) in [5.74, 6) is -0.0732. The summed E-state index contributed by atoms with van der Waals surface area (Å²) in [4.78, 5) is 24.0. The summed E-state index contributed by atoms with van der Waals surface area (Å²) in [6, 6.07) is 12.1. The molecule has 2 N–H and O–H groups in total. The molecule has 2 aromatic carbocycles. The minimum atomic E-state index is -0.388. The van der Waals surface area contributed by atoms with E-state index < -0.39 is 0 Å². The highest BCUT2D eigenvalue weighted by Gasteiger charge is 2.11. The van der Waals surface area contributed by atoms with Crippen molar-refractivity contribution in [2.75, 3.05) is 7.11 Å². The Morgan fingerprint density at radius 3 is 2.14 bits per heavy atom. The lowest BCUT2D eigenvalue weighted by Gasteiger charge is -2.10. The third kappa shape index (κ3) is 3.63. The van der Waals surface area contributed by atoms with Gasteiger partial charge in [-0.25, -0.2) is 0 Å². The third-order valence-electron chi connectivity index (χ3n) is 3.27. The van der Waals surface area contributed by atoms with Crippen molar-refractivity contribution in [2.24, 2.45) is 0 Å². The van der Waals surface area contributed by atoms with Crippen molar-refractivity contribution in [3.63, 3.8) is 0 Å². The van der Waals surface area contributed by atoms with Crippen molar-refractivity contribution >= 4 is 11.8 Å². The van der Waals surface area contributed by atoms with Crippen LogP contribution in [-0.2, 0) is 0 Å². The van der Waals surface area contributed by atoms with Crippen LogP contribution in [0.25, 0.3) is 0 Å². The van der Waals surface area contributed by atoms with E-state index >= 15 is 0 Å². The first kappa shape index (κ1) is 15.6.